The number of rotatable bonds is 5. The number of halogens is 1. The van der Waals surface area contributed by atoms with Crippen LogP contribution in [0.3, 0.4) is 0 Å². The van der Waals surface area contributed by atoms with Crippen LogP contribution in [0.4, 0.5) is 9.18 Å². The van der Waals surface area contributed by atoms with Crippen LogP contribution in [0.5, 0.6) is 0 Å². The van der Waals surface area contributed by atoms with Gasteiger partial charge in [0.2, 0.25) is 5.91 Å². The van der Waals surface area contributed by atoms with Crippen LogP contribution in [0.2, 0.25) is 0 Å². The fourth-order valence-electron chi connectivity index (χ4n) is 5.13. The molecular weight excluding hydrogens is 439 g/mol. The molecule has 1 aromatic carbocycles. The second-order valence-corrected chi connectivity index (χ2v) is 10.7. The zero-order valence-corrected chi connectivity index (χ0v) is 20.5. The van der Waals surface area contributed by atoms with Gasteiger partial charge in [0.1, 0.15) is 17.8 Å². The normalized spacial score (nSPS) is 23.8. The van der Waals surface area contributed by atoms with Gasteiger partial charge in [0, 0.05) is 25.8 Å². The average Bonchev–Trinajstić information content (AvgIpc) is 3.42. The Morgan fingerprint density at radius 3 is 2.35 bits per heavy atom. The van der Waals surface area contributed by atoms with Crippen molar-refractivity contribution in [3.8, 4) is 0 Å². The van der Waals surface area contributed by atoms with Crippen LogP contribution in [-0.4, -0.2) is 66.8 Å². The summed E-state index contributed by atoms with van der Waals surface area (Å²) in [4.78, 5) is 27.0. The Hall–Kier alpha value is -2.19. The predicted octanol–water partition coefficient (Wildman–Crippen LogP) is 4.09. The van der Waals surface area contributed by atoms with Gasteiger partial charge in [-0.2, -0.15) is 0 Å². The number of hydrogen-bond acceptors (Lipinski definition) is 5. The summed E-state index contributed by atoms with van der Waals surface area (Å²) in [5, 5.41) is 2.72. The molecule has 2 aliphatic heterocycles. The van der Waals surface area contributed by atoms with Gasteiger partial charge in [-0.1, -0.05) is 24.3 Å². The molecule has 34 heavy (non-hydrogen) atoms. The molecule has 3 fully saturated rings. The van der Waals surface area contributed by atoms with E-state index in [1.807, 2.05) is 12.1 Å². The average molecular weight is 477 g/mol. The molecule has 1 spiro atoms. The largest absolute Gasteiger partial charge is 0.444 e. The second-order valence-electron chi connectivity index (χ2n) is 10.7. The van der Waals surface area contributed by atoms with Gasteiger partial charge < -0.3 is 24.4 Å². The van der Waals surface area contributed by atoms with Crippen molar-refractivity contribution in [1.29, 1.82) is 0 Å². The van der Waals surface area contributed by atoms with E-state index >= 15 is 0 Å². The van der Waals surface area contributed by atoms with Gasteiger partial charge >= 0.3 is 6.09 Å². The highest BCUT2D eigenvalue weighted by atomic mass is 19.1. The Morgan fingerprint density at radius 2 is 1.79 bits per heavy atom. The molecular formula is C26H37FN2O5. The molecule has 0 bridgehead atoms. The maximum absolute atomic E-state index is 13.7. The van der Waals surface area contributed by atoms with E-state index in [1.54, 1.807) is 20.8 Å². The van der Waals surface area contributed by atoms with Gasteiger partial charge in [-0.15, -0.1) is 0 Å². The van der Waals surface area contributed by atoms with Crippen LogP contribution < -0.4 is 5.32 Å². The SMILES string of the molecule is CC(C)(C)OC(=O)N[C@@H](Cc1ccc(C2CCC3(CC2)OCCO3)cc1)C(=O)N1CCC(F)C1. The number of benzene rings is 1. The van der Waals surface area contributed by atoms with Crippen molar-refractivity contribution in [3.05, 3.63) is 35.4 Å². The minimum Gasteiger partial charge on any atom is -0.444 e. The van der Waals surface area contributed by atoms with E-state index in [9.17, 15) is 14.0 Å². The van der Waals surface area contributed by atoms with Crippen LogP contribution in [-0.2, 0) is 25.4 Å². The Morgan fingerprint density at radius 1 is 1.15 bits per heavy atom. The molecule has 2 heterocycles. The van der Waals surface area contributed by atoms with E-state index in [0.717, 1.165) is 31.2 Å². The highest BCUT2D eigenvalue weighted by Crippen LogP contribution is 2.42. The second kappa shape index (κ2) is 10.2. The summed E-state index contributed by atoms with van der Waals surface area (Å²) < 4.78 is 30.7. The molecule has 2 saturated heterocycles. The molecule has 2 amide bonds. The number of ether oxygens (including phenoxy) is 3. The smallest absolute Gasteiger partial charge is 0.408 e. The lowest BCUT2D eigenvalue weighted by Crippen LogP contribution is -2.50. The van der Waals surface area contributed by atoms with Crippen molar-refractivity contribution in [2.45, 2.75) is 88.8 Å². The number of alkyl carbamates (subject to hydrolysis) is 1. The third kappa shape index (κ3) is 6.27. The molecule has 8 heteroatoms. The molecule has 1 aromatic rings. The summed E-state index contributed by atoms with van der Waals surface area (Å²) in [7, 11) is 0. The minimum atomic E-state index is -1.01. The van der Waals surface area contributed by atoms with Crippen LogP contribution in [0.15, 0.2) is 24.3 Å². The summed E-state index contributed by atoms with van der Waals surface area (Å²) in [5.41, 5.74) is 1.52. The molecule has 1 aliphatic carbocycles. The zero-order chi connectivity index (χ0) is 24.3. The van der Waals surface area contributed by atoms with Gasteiger partial charge in [0.15, 0.2) is 5.79 Å². The molecule has 4 rings (SSSR count). The predicted molar refractivity (Wildman–Crippen MR) is 125 cm³/mol. The maximum atomic E-state index is 13.7. The van der Waals surface area contributed by atoms with Gasteiger partial charge in [0.05, 0.1) is 19.8 Å². The Labute approximate surface area is 201 Å². The standard InChI is InChI=1S/C26H37FN2O5/c1-25(2,3)34-24(31)28-22(23(30)29-13-10-21(27)17-29)16-18-4-6-19(7-5-18)20-8-11-26(12-9-20)32-14-15-33-26/h4-7,20-22H,8-17H2,1-3H3,(H,28,31)/t21?,22-/m0/s1. The summed E-state index contributed by atoms with van der Waals surface area (Å²) in [6.45, 7) is 7.11. The molecule has 2 atom stereocenters. The molecule has 188 valence electrons. The first kappa shape index (κ1) is 24.9. The van der Waals surface area contributed by atoms with Crippen molar-refractivity contribution in [3.63, 3.8) is 0 Å². The van der Waals surface area contributed by atoms with Gasteiger partial charge in [-0.05, 0) is 57.1 Å². The van der Waals surface area contributed by atoms with Crippen molar-refractivity contribution in [1.82, 2.24) is 10.2 Å². The lowest BCUT2D eigenvalue weighted by Gasteiger charge is -2.35. The summed E-state index contributed by atoms with van der Waals surface area (Å²) in [5.74, 6) is -0.189. The Kier molecular flexibility index (Phi) is 7.48. The van der Waals surface area contributed by atoms with E-state index in [-0.39, 0.29) is 18.2 Å². The minimum absolute atomic E-state index is 0.0703. The van der Waals surface area contributed by atoms with Crippen LogP contribution >= 0.6 is 0 Å². The quantitative estimate of drug-likeness (QED) is 0.693. The molecule has 1 unspecified atom stereocenters. The van der Waals surface area contributed by atoms with Gasteiger partial charge in [-0.3, -0.25) is 4.79 Å². The fraction of sp³-hybridized carbons (Fsp3) is 0.692. The first-order valence-electron chi connectivity index (χ1n) is 12.4. The van der Waals surface area contributed by atoms with Gasteiger partial charge in [0.25, 0.3) is 0 Å². The first-order chi connectivity index (χ1) is 16.1. The number of amides is 2. The fourth-order valence-corrected chi connectivity index (χ4v) is 5.13. The third-order valence-corrected chi connectivity index (χ3v) is 6.88. The molecule has 0 aromatic heterocycles. The van der Waals surface area contributed by atoms with Crippen molar-refractivity contribution < 1.29 is 28.2 Å². The lowest BCUT2D eigenvalue weighted by molar-refractivity contribution is -0.178. The molecule has 0 radical (unpaired) electrons. The lowest BCUT2D eigenvalue weighted by atomic mass is 9.80. The third-order valence-electron chi connectivity index (χ3n) is 6.88. The number of carbonyl (C=O) groups excluding carboxylic acids is 2. The first-order valence-corrected chi connectivity index (χ1v) is 12.4. The number of alkyl halides is 1. The summed E-state index contributed by atoms with van der Waals surface area (Å²) in [6, 6.07) is 7.44. The van der Waals surface area contributed by atoms with E-state index < -0.39 is 23.9 Å². The number of carbonyl (C=O) groups is 2. The monoisotopic (exact) mass is 476 g/mol. The van der Waals surface area contributed by atoms with Crippen molar-refractivity contribution in [2.75, 3.05) is 26.3 Å². The number of nitrogens with one attached hydrogen (secondary N) is 1. The Bertz CT molecular complexity index is 853. The van der Waals surface area contributed by atoms with Crippen molar-refractivity contribution in [2.24, 2.45) is 0 Å². The van der Waals surface area contributed by atoms with Gasteiger partial charge in [-0.25, -0.2) is 9.18 Å². The molecule has 7 nitrogen and oxygen atoms in total. The highest BCUT2D eigenvalue weighted by molar-refractivity contribution is 5.86. The van der Waals surface area contributed by atoms with E-state index in [4.69, 9.17) is 14.2 Å². The van der Waals surface area contributed by atoms with Crippen molar-refractivity contribution >= 4 is 12.0 Å². The number of likely N-dealkylation sites (tertiary alicyclic amines) is 1. The van der Waals surface area contributed by atoms with E-state index in [2.05, 4.69) is 17.4 Å². The van der Waals surface area contributed by atoms with E-state index in [0.29, 0.717) is 38.5 Å². The summed E-state index contributed by atoms with van der Waals surface area (Å²) in [6.07, 6.45) is 2.83. The zero-order valence-electron chi connectivity index (χ0n) is 20.5. The van der Waals surface area contributed by atoms with Crippen LogP contribution in [0, 0.1) is 0 Å². The van der Waals surface area contributed by atoms with Crippen LogP contribution in [0.1, 0.15) is 69.9 Å². The Balaban J connectivity index is 1.40. The highest BCUT2D eigenvalue weighted by Gasteiger charge is 2.40. The number of nitrogens with zero attached hydrogens (tertiary/aromatic N) is 1. The molecule has 1 N–H and O–H groups in total. The molecule has 1 saturated carbocycles. The number of hydrogen-bond donors (Lipinski definition) is 1. The topological polar surface area (TPSA) is 77.1 Å². The van der Waals surface area contributed by atoms with Crippen LogP contribution in [0.25, 0.3) is 0 Å². The van der Waals surface area contributed by atoms with E-state index in [1.165, 1.54) is 10.5 Å². The summed E-state index contributed by atoms with van der Waals surface area (Å²) >= 11 is 0. The molecule has 3 aliphatic rings. The maximum Gasteiger partial charge on any atom is 0.408 e.